The van der Waals surface area contributed by atoms with Crippen molar-refractivity contribution in [2.75, 3.05) is 71.0 Å². The third kappa shape index (κ3) is 43.0. The Hall–Kier alpha value is -10.4. The Morgan fingerprint density at radius 1 is 0.450 bits per heavy atom. The number of rotatable bonds is 53. The number of thioether (sulfide) groups is 1. The van der Waals surface area contributed by atoms with Crippen LogP contribution in [0.5, 0.6) is 0 Å². The van der Waals surface area contributed by atoms with Crippen molar-refractivity contribution < 1.29 is 127 Å². The van der Waals surface area contributed by atoms with Gasteiger partial charge in [0.05, 0.1) is 52.0 Å². The molecule has 0 aromatic heterocycles. The normalized spacial score (nSPS) is 14.9. The monoisotopic (exact) mass is 1600 g/mol. The lowest BCUT2D eigenvalue weighted by molar-refractivity contribution is -0.142. The molecule has 44 nitrogen and oxygen atoms in total. The first-order valence-electron chi connectivity index (χ1n) is 35.7. The molecule has 1 aliphatic heterocycles. The number of aliphatic hydroxyl groups excluding tert-OH is 2. The maximum absolute atomic E-state index is 14.3. The largest absolute Gasteiger partial charge is 0.481 e. The Labute approximate surface area is 644 Å². The van der Waals surface area contributed by atoms with Gasteiger partial charge < -0.3 is 127 Å². The molecule has 0 unspecified atom stereocenters. The highest BCUT2D eigenvalue weighted by atomic mass is 32.2. The predicted octanol–water partition coefficient (Wildman–Crippen LogP) is -8.97. The standard InChI is InChI=1S/C64H108N18O24S.C2H4O2/c1-32(2)23-35(66)54(95)75-36(14-17-51(91)92)56(97)76-37(15-18-52(93)94)57(98)80-42(30-83)55(96)71-26-47(87)68-25-46(86)69-28-49(89)73-41(24-33(3)4)59(100)81-53(34(5)6)62(103)78-39(13-16-45(67)85)63(104)82-21-10-12-44(82)61(102)72-27-48(88)70-29-50(90)74-43(31-84)60(101)77-38(19-22-107-7)58(99)79-40(64(105)106)11-8-9-20-65;1-2(3)4/h32-44,53,83-84H,8-31,65-66H2,1-7H3,(H2,67,85)(H,68,87)(H,69,86)(H,70,88)(H,71,96)(H,72,102)(H,73,89)(H,74,90)(H,75,95)(H,76,97)(H,77,101)(H,78,103)(H,79,99)(H,80,98)(H,81,100)(H,91,92)(H,93,94)(H,105,106);1H3,(H,3,4)/t35-,36-,37-,38-,39-,40-,41-,42-,43-,44-,53-;/m0./s1. The number of carboxylic acid groups (broad SMARTS) is 4. The summed E-state index contributed by atoms with van der Waals surface area (Å²) in [6.07, 6.45) is 0.0725. The van der Waals surface area contributed by atoms with Gasteiger partial charge in [0.1, 0.15) is 60.4 Å². The highest BCUT2D eigenvalue weighted by Gasteiger charge is 2.40. The number of hydrogen-bond acceptors (Lipinski definition) is 25. The number of nitrogens with zero attached hydrogens (tertiary/aromatic N) is 1. The summed E-state index contributed by atoms with van der Waals surface area (Å²) in [6.45, 7) is 5.46. The first kappa shape index (κ1) is 101. The lowest BCUT2D eigenvalue weighted by Crippen LogP contribution is -2.60. The van der Waals surface area contributed by atoms with Crippen LogP contribution in [0, 0.1) is 17.8 Å². The van der Waals surface area contributed by atoms with Crippen LogP contribution in [0.25, 0.3) is 0 Å². The van der Waals surface area contributed by atoms with E-state index in [1.165, 1.54) is 11.8 Å². The van der Waals surface area contributed by atoms with Crippen molar-refractivity contribution in [3.05, 3.63) is 0 Å². The molecule has 45 heteroatoms. The van der Waals surface area contributed by atoms with E-state index in [0.29, 0.717) is 25.1 Å². The van der Waals surface area contributed by atoms with E-state index in [2.05, 4.69) is 74.4 Å². The van der Waals surface area contributed by atoms with Crippen molar-refractivity contribution >= 4 is 130 Å². The molecule has 0 bridgehead atoms. The highest BCUT2D eigenvalue weighted by Crippen LogP contribution is 2.21. The molecule has 0 radical (unpaired) electrons. The first-order chi connectivity index (χ1) is 52.0. The molecule has 1 rings (SSSR count). The van der Waals surface area contributed by atoms with Crippen molar-refractivity contribution in [1.29, 1.82) is 0 Å². The molecule has 0 aromatic carbocycles. The lowest BCUT2D eigenvalue weighted by atomic mass is 9.99. The lowest BCUT2D eigenvalue weighted by Gasteiger charge is -2.31. The van der Waals surface area contributed by atoms with E-state index in [1.807, 2.05) is 0 Å². The fraction of sp³-hybridized carbons (Fsp3) is 0.697. The zero-order chi connectivity index (χ0) is 84.8. The molecular weight excluding hydrogens is 1490 g/mol. The van der Waals surface area contributed by atoms with Gasteiger partial charge in [-0.3, -0.25) is 91.1 Å². The van der Waals surface area contributed by atoms with Gasteiger partial charge in [-0.05, 0) is 107 Å². The van der Waals surface area contributed by atoms with E-state index in [9.17, 15) is 117 Å². The summed E-state index contributed by atoms with van der Waals surface area (Å²) < 4.78 is 0. The van der Waals surface area contributed by atoms with E-state index >= 15 is 0 Å². The van der Waals surface area contributed by atoms with Crippen LogP contribution in [0.3, 0.4) is 0 Å². The smallest absolute Gasteiger partial charge is 0.326 e. The van der Waals surface area contributed by atoms with Crippen LogP contribution in [-0.2, 0) is 95.9 Å². The number of hydrogen-bond donors (Lipinski definition) is 23. The molecular formula is C66H112N18O26S. The molecule has 11 atom stereocenters. The van der Waals surface area contributed by atoms with Crippen LogP contribution in [0.1, 0.15) is 138 Å². The number of carbonyl (C=O) groups is 20. The first-order valence-corrected chi connectivity index (χ1v) is 37.1. The van der Waals surface area contributed by atoms with Gasteiger partial charge in [-0.15, -0.1) is 0 Å². The number of unbranched alkanes of at least 4 members (excludes halogenated alkanes) is 1. The topological polar surface area (TPSA) is 712 Å². The summed E-state index contributed by atoms with van der Waals surface area (Å²) >= 11 is 1.33. The molecule has 1 fully saturated rings. The van der Waals surface area contributed by atoms with Crippen LogP contribution >= 0.6 is 11.8 Å². The number of carboxylic acids is 4. The van der Waals surface area contributed by atoms with Crippen LogP contribution in [0.2, 0.25) is 0 Å². The van der Waals surface area contributed by atoms with Gasteiger partial charge >= 0.3 is 17.9 Å². The Morgan fingerprint density at radius 2 is 0.856 bits per heavy atom. The Kier molecular flexibility index (Phi) is 49.2. The van der Waals surface area contributed by atoms with Crippen molar-refractivity contribution in [2.45, 2.75) is 205 Å². The zero-order valence-corrected chi connectivity index (χ0v) is 64.3. The fourth-order valence-corrected chi connectivity index (χ4v) is 10.8. The minimum Gasteiger partial charge on any atom is -0.481 e. The van der Waals surface area contributed by atoms with Crippen molar-refractivity contribution in [1.82, 2.24) is 79.3 Å². The molecule has 1 heterocycles. The number of nitrogens with two attached hydrogens (primary N) is 3. The van der Waals surface area contributed by atoms with Gasteiger partial charge in [0.2, 0.25) is 94.5 Å². The molecule has 0 saturated carbocycles. The second kappa shape index (κ2) is 54.2. The SMILES string of the molecule is CC(=O)O.CSCC[C@H](NC(=O)[C@H](CO)NC(=O)CNC(=O)CNC(=O)[C@@H]1CCCN1C(=O)[C@H](CCC(N)=O)NC(=O)[C@@H](NC(=O)[C@H](CC(C)C)NC(=O)CNC(=O)CNC(=O)CNC(=O)[C@H](CO)NC(=O)[C@H](CCC(=O)O)NC(=O)[C@H](CCC(=O)O)NC(=O)[C@@H](N)CC(C)C)C(C)C)C(=O)N[C@@H](CCCCN)C(=O)O. The average molecular weight is 1610 g/mol. The Balaban J connectivity index is 0.0000295. The van der Waals surface area contributed by atoms with E-state index in [1.54, 1.807) is 47.8 Å². The minimum absolute atomic E-state index is 0.0181. The molecule has 628 valence electrons. The quantitative estimate of drug-likeness (QED) is 0.0252. The van der Waals surface area contributed by atoms with Crippen molar-refractivity contribution in [2.24, 2.45) is 35.0 Å². The number of aliphatic hydroxyl groups is 2. The molecule has 0 spiro atoms. The van der Waals surface area contributed by atoms with Crippen molar-refractivity contribution in [3.8, 4) is 0 Å². The summed E-state index contributed by atoms with van der Waals surface area (Å²) in [4.78, 5) is 256. The summed E-state index contributed by atoms with van der Waals surface area (Å²) in [7, 11) is 0. The van der Waals surface area contributed by atoms with Gasteiger partial charge in [0, 0.05) is 32.7 Å². The Bertz CT molecular complexity index is 3200. The van der Waals surface area contributed by atoms with Crippen molar-refractivity contribution in [3.63, 3.8) is 0 Å². The molecule has 111 heavy (non-hydrogen) atoms. The predicted molar refractivity (Wildman–Crippen MR) is 392 cm³/mol. The number of carbonyl (C=O) groups excluding carboxylic acids is 16. The van der Waals surface area contributed by atoms with Gasteiger partial charge in [-0.2, -0.15) is 11.8 Å². The number of primary amides is 1. The van der Waals surface area contributed by atoms with Crippen LogP contribution in [-0.4, -0.2) is 291 Å². The number of likely N-dealkylation sites (tertiary alicyclic amines) is 1. The van der Waals surface area contributed by atoms with Gasteiger partial charge in [-0.25, -0.2) is 4.79 Å². The third-order valence-electron chi connectivity index (χ3n) is 16.0. The summed E-state index contributed by atoms with van der Waals surface area (Å²) in [5, 5.41) is 87.9. The van der Waals surface area contributed by atoms with E-state index < -0.39 is 269 Å². The molecule has 1 aliphatic rings. The fourth-order valence-electron chi connectivity index (χ4n) is 10.3. The van der Waals surface area contributed by atoms with Crippen LogP contribution in [0.4, 0.5) is 0 Å². The Morgan fingerprint density at radius 3 is 1.31 bits per heavy atom. The van der Waals surface area contributed by atoms with Crippen LogP contribution in [0.15, 0.2) is 0 Å². The summed E-state index contributed by atoms with van der Waals surface area (Å²) in [5.74, 6) is -20.8. The number of amides is 16. The third-order valence-corrected chi connectivity index (χ3v) is 16.6. The highest BCUT2D eigenvalue weighted by molar-refractivity contribution is 7.98. The maximum Gasteiger partial charge on any atom is 0.326 e. The van der Waals surface area contributed by atoms with Gasteiger partial charge in [-0.1, -0.05) is 41.5 Å². The van der Waals surface area contributed by atoms with Gasteiger partial charge in [0.25, 0.3) is 5.97 Å². The molecule has 0 aliphatic carbocycles. The second-order valence-corrected chi connectivity index (χ2v) is 27.8. The molecule has 1 saturated heterocycles. The van der Waals surface area contributed by atoms with Crippen LogP contribution < -0.4 is 91.6 Å². The van der Waals surface area contributed by atoms with Gasteiger partial charge in [0.15, 0.2) is 0 Å². The average Bonchev–Trinajstić information content (AvgIpc) is 1.73. The molecule has 16 amide bonds. The van der Waals surface area contributed by atoms with E-state index in [-0.39, 0.29) is 63.3 Å². The maximum atomic E-state index is 14.3. The summed E-state index contributed by atoms with van der Waals surface area (Å²) in [5.41, 5.74) is 16.8. The molecule has 0 aromatic rings. The summed E-state index contributed by atoms with van der Waals surface area (Å²) in [6, 6.07) is -15.9. The van der Waals surface area contributed by atoms with E-state index in [0.717, 1.165) is 11.8 Å². The minimum atomic E-state index is -1.82. The molecule has 26 N–H and O–H groups in total. The second-order valence-electron chi connectivity index (χ2n) is 26.8. The zero-order valence-electron chi connectivity index (χ0n) is 63.5. The van der Waals surface area contributed by atoms with E-state index in [4.69, 9.17) is 27.1 Å². The number of aliphatic carboxylic acids is 4. The number of nitrogens with one attached hydrogen (secondary N) is 14.